The second-order valence-corrected chi connectivity index (χ2v) is 9.46. The van der Waals surface area contributed by atoms with E-state index in [-0.39, 0.29) is 23.5 Å². The van der Waals surface area contributed by atoms with Gasteiger partial charge in [0.15, 0.2) is 11.0 Å². The first-order chi connectivity index (χ1) is 13.9. The third-order valence-electron chi connectivity index (χ3n) is 5.76. The summed E-state index contributed by atoms with van der Waals surface area (Å²) in [6.45, 7) is 9.34. The van der Waals surface area contributed by atoms with Gasteiger partial charge in [-0.3, -0.25) is 4.79 Å². The van der Waals surface area contributed by atoms with Crippen molar-refractivity contribution in [2.75, 3.05) is 5.75 Å². The van der Waals surface area contributed by atoms with Gasteiger partial charge in [-0.15, -0.1) is 10.2 Å². The van der Waals surface area contributed by atoms with E-state index in [2.05, 4.69) is 43.2 Å². The first-order valence-corrected chi connectivity index (χ1v) is 11.5. The fourth-order valence-corrected chi connectivity index (χ4v) is 4.69. The number of carbonyl (C=O) groups excluding carboxylic acids is 1. The lowest BCUT2D eigenvalue weighted by Crippen LogP contribution is -2.44. The molecule has 1 fully saturated rings. The summed E-state index contributed by atoms with van der Waals surface area (Å²) in [5.74, 6) is 1.97. The fraction of sp³-hybridized carbons (Fsp3) is 0.591. The molecule has 7 heteroatoms. The molecule has 0 radical (unpaired) electrons. The summed E-state index contributed by atoms with van der Waals surface area (Å²) in [5.41, 5.74) is 0.432. The first-order valence-electron chi connectivity index (χ1n) is 10.5. The Balaban J connectivity index is 1.70. The van der Waals surface area contributed by atoms with Gasteiger partial charge in [0.1, 0.15) is 5.82 Å². The van der Waals surface area contributed by atoms with Crippen LogP contribution in [0.3, 0.4) is 0 Å². The molecule has 1 saturated carbocycles. The summed E-state index contributed by atoms with van der Waals surface area (Å²) in [6, 6.07) is 6.84. The van der Waals surface area contributed by atoms with E-state index in [1.54, 1.807) is 18.2 Å². The van der Waals surface area contributed by atoms with Gasteiger partial charge in [-0.1, -0.05) is 64.4 Å². The molecule has 1 aliphatic rings. The van der Waals surface area contributed by atoms with E-state index < -0.39 is 0 Å². The Morgan fingerprint density at radius 2 is 2.03 bits per heavy atom. The summed E-state index contributed by atoms with van der Waals surface area (Å²) < 4.78 is 16.2. The lowest BCUT2D eigenvalue weighted by molar-refractivity contribution is -0.120. The second kappa shape index (κ2) is 9.74. The van der Waals surface area contributed by atoms with Crippen LogP contribution in [0.5, 0.6) is 0 Å². The van der Waals surface area contributed by atoms with Crippen LogP contribution in [0.4, 0.5) is 4.39 Å². The molecule has 3 atom stereocenters. The molecule has 0 aliphatic heterocycles. The fourth-order valence-electron chi connectivity index (χ4n) is 3.93. The summed E-state index contributed by atoms with van der Waals surface area (Å²) in [5, 5.41) is 12.3. The van der Waals surface area contributed by atoms with E-state index >= 15 is 0 Å². The molecular formula is C22H31FN4OS. The molecule has 0 unspecified atom stereocenters. The number of hydrogen-bond donors (Lipinski definition) is 1. The van der Waals surface area contributed by atoms with Crippen molar-refractivity contribution in [3.8, 4) is 11.4 Å². The van der Waals surface area contributed by atoms with Crippen molar-refractivity contribution >= 4 is 17.7 Å². The van der Waals surface area contributed by atoms with Crippen molar-refractivity contribution in [3.05, 3.63) is 30.1 Å². The Labute approximate surface area is 176 Å². The maximum absolute atomic E-state index is 14.3. The Morgan fingerprint density at radius 1 is 1.28 bits per heavy atom. The highest BCUT2D eigenvalue weighted by Crippen LogP contribution is 2.30. The average Bonchev–Trinajstić information content (AvgIpc) is 3.06. The third kappa shape index (κ3) is 5.38. The molecule has 2 aromatic rings. The van der Waals surface area contributed by atoms with Crippen molar-refractivity contribution in [1.29, 1.82) is 0 Å². The van der Waals surface area contributed by atoms with Crippen LogP contribution in [0.25, 0.3) is 11.4 Å². The number of aromatic nitrogens is 3. The smallest absolute Gasteiger partial charge is 0.230 e. The number of halogens is 1. The van der Waals surface area contributed by atoms with Gasteiger partial charge in [-0.2, -0.15) is 0 Å². The minimum Gasteiger partial charge on any atom is -0.352 e. The van der Waals surface area contributed by atoms with Crippen molar-refractivity contribution in [3.63, 3.8) is 0 Å². The van der Waals surface area contributed by atoms with Gasteiger partial charge in [-0.05, 0) is 36.3 Å². The highest BCUT2D eigenvalue weighted by Gasteiger charge is 2.28. The summed E-state index contributed by atoms with van der Waals surface area (Å²) in [4.78, 5) is 12.6. The second-order valence-electron chi connectivity index (χ2n) is 8.52. The molecule has 1 heterocycles. The maximum Gasteiger partial charge on any atom is 0.230 e. The first kappa shape index (κ1) is 21.8. The van der Waals surface area contributed by atoms with Crippen LogP contribution >= 0.6 is 11.8 Å². The van der Waals surface area contributed by atoms with Crippen molar-refractivity contribution in [1.82, 2.24) is 20.1 Å². The monoisotopic (exact) mass is 418 g/mol. The van der Waals surface area contributed by atoms with Gasteiger partial charge in [0, 0.05) is 12.6 Å². The van der Waals surface area contributed by atoms with Crippen LogP contribution in [0.2, 0.25) is 0 Å². The van der Waals surface area contributed by atoms with E-state index in [9.17, 15) is 9.18 Å². The molecule has 1 amide bonds. The van der Waals surface area contributed by atoms with E-state index in [0.29, 0.717) is 40.8 Å². The zero-order valence-corrected chi connectivity index (χ0v) is 18.5. The topological polar surface area (TPSA) is 59.8 Å². The van der Waals surface area contributed by atoms with Gasteiger partial charge >= 0.3 is 0 Å². The number of thioether (sulfide) groups is 1. The van der Waals surface area contributed by atoms with E-state index in [1.807, 2.05) is 4.57 Å². The number of rotatable bonds is 7. The summed E-state index contributed by atoms with van der Waals surface area (Å²) >= 11 is 1.36. The lowest BCUT2D eigenvalue weighted by Gasteiger charge is -2.34. The van der Waals surface area contributed by atoms with Gasteiger partial charge in [-0.25, -0.2) is 4.39 Å². The molecule has 1 aliphatic carbocycles. The zero-order valence-electron chi connectivity index (χ0n) is 17.7. The van der Waals surface area contributed by atoms with Gasteiger partial charge < -0.3 is 9.88 Å². The molecular weight excluding hydrogens is 387 g/mol. The molecule has 29 heavy (non-hydrogen) atoms. The SMILES string of the molecule is CC(C)Cn1c(SCC(=O)N[C@@H]2CCC[C@@H](C)[C@H]2C)nnc1-c1ccccc1F. The van der Waals surface area contributed by atoms with Crippen LogP contribution in [-0.4, -0.2) is 32.5 Å². The highest BCUT2D eigenvalue weighted by molar-refractivity contribution is 7.99. The van der Waals surface area contributed by atoms with E-state index in [1.165, 1.54) is 24.2 Å². The minimum absolute atomic E-state index is 0.0208. The van der Waals surface area contributed by atoms with Crippen molar-refractivity contribution in [2.24, 2.45) is 17.8 Å². The zero-order chi connectivity index (χ0) is 21.0. The predicted octanol–water partition coefficient (Wildman–Crippen LogP) is 4.77. The van der Waals surface area contributed by atoms with Crippen LogP contribution in [0.15, 0.2) is 29.4 Å². The summed E-state index contributed by atoms with van der Waals surface area (Å²) in [7, 11) is 0. The molecule has 0 spiro atoms. The van der Waals surface area contributed by atoms with Crippen LogP contribution < -0.4 is 5.32 Å². The Morgan fingerprint density at radius 3 is 2.76 bits per heavy atom. The van der Waals surface area contributed by atoms with Gasteiger partial charge in [0.2, 0.25) is 5.91 Å². The summed E-state index contributed by atoms with van der Waals surface area (Å²) in [6.07, 6.45) is 3.45. The number of hydrogen-bond acceptors (Lipinski definition) is 4. The molecule has 158 valence electrons. The molecule has 1 N–H and O–H groups in total. The van der Waals surface area contributed by atoms with Gasteiger partial charge in [0.05, 0.1) is 11.3 Å². The predicted molar refractivity (Wildman–Crippen MR) is 115 cm³/mol. The largest absolute Gasteiger partial charge is 0.352 e. The van der Waals surface area contributed by atoms with Crippen molar-refractivity contribution < 1.29 is 9.18 Å². The van der Waals surface area contributed by atoms with Crippen LogP contribution in [0.1, 0.15) is 47.0 Å². The molecule has 1 aromatic heterocycles. The number of benzene rings is 1. The number of nitrogens with one attached hydrogen (secondary N) is 1. The lowest BCUT2D eigenvalue weighted by atomic mass is 9.78. The molecule has 0 bridgehead atoms. The molecule has 0 saturated heterocycles. The Bertz CT molecular complexity index is 838. The van der Waals surface area contributed by atoms with Gasteiger partial charge in [0.25, 0.3) is 0 Å². The minimum atomic E-state index is -0.320. The quantitative estimate of drug-likeness (QED) is 0.658. The third-order valence-corrected chi connectivity index (χ3v) is 6.73. The number of nitrogens with zero attached hydrogens (tertiary/aromatic N) is 3. The molecule has 3 rings (SSSR count). The Hall–Kier alpha value is -1.89. The molecule has 5 nitrogen and oxygen atoms in total. The van der Waals surface area contributed by atoms with E-state index in [4.69, 9.17) is 0 Å². The highest BCUT2D eigenvalue weighted by atomic mass is 32.2. The van der Waals surface area contributed by atoms with Crippen LogP contribution in [0, 0.1) is 23.6 Å². The average molecular weight is 419 g/mol. The normalized spacial score (nSPS) is 22.1. The molecule has 1 aromatic carbocycles. The number of amides is 1. The Kier molecular flexibility index (Phi) is 7.33. The maximum atomic E-state index is 14.3. The van der Waals surface area contributed by atoms with E-state index in [0.717, 1.165) is 12.8 Å². The number of carbonyl (C=O) groups is 1. The van der Waals surface area contributed by atoms with Crippen LogP contribution in [-0.2, 0) is 11.3 Å². The van der Waals surface area contributed by atoms with Crippen molar-refractivity contribution in [2.45, 2.75) is 64.7 Å². The standard InChI is InChI=1S/C22H31FN4OS/c1-14(2)12-27-21(17-9-5-6-10-18(17)23)25-26-22(27)29-13-20(28)24-19-11-7-8-15(3)16(19)4/h5-6,9-10,14-16,19H,7-8,11-13H2,1-4H3,(H,24,28)/t15-,16-,19-/m1/s1.